The minimum absolute atomic E-state index is 0.141. The maximum atomic E-state index is 15.0. The summed E-state index contributed by atoms with van der Waals surface area (Å²) in [6.07, 6.45) is 4.73. The zero-order valence-corrected chi connectivity index (χ0v) is 25.4. The number of fused-ring (bicyclic) bond motifs is 1. The molecule has 0 aliphatic carbocycles. The summed E-state index contributed by atoms with van der Waals surface area (Å²) in [6, 6.07) is 13.3. The smallest absolute Gasteiger partial charge is 0.253 e. The molecule has 0 radical (unpaired) electrons. The summed E-state index contributed by atoms with van der Waals surface area (Å²) in [5, 5.41) is 10.8. The number of aryl methyl sites for hydroxylation is 2. The summed E-state index contributed by atoms with van der Waals surface area (Å²) in [7, 11) is 0. The number of hydrogen-bond acceptors (Lipinski definition) is 5. The van der Waals surface area contributed by atoms with E-state index >= 15 is 4.79 Å². The Kier molecular flexibility index (Phi) is 8.90. The number of hydrogen-bond donors (Lipinski definition) is 1. The van der Waals surface area contributed by atoms with E-state index in [9.17, 15) is 14.7 Å². The van der Waals surface area contributed by atoms with Gasteiger partial charge in [-0.15, -0.1) is 13.2 Å². The Balaban J connectivity index is 1.66. The lowest BCUT2D eigenvalue weighted by Crippen LogP contribution is -2.57. The molecule has 1 N–H and O–H groups in total. The van der Waals surface area contributed by atoms with Crippen LogP contribution in [0.25, 0.3) is 0 Å². The summed E-state index contributed by atoms with van der Waals surface area (Å²) < 4.78 is 6.72. The van der Waals surface area contributed by atoms with Crippen molar-refractivity contribution in [3.8, 4) is 0 Å². The Hall–Kier alpha value is -3.75. The molecule has 3 saturated heterocycles. The molecule has 3 heterocycles. The number of aliphatic hydroxyl groups is 1. The maximum Gasteiger partial charge on any atom is 0.253 e. The van der Waals surface area contributed by atoms with Gasteiger partial charge in [-0.05, 0) is 49.8 Å². The van der Waals surface area contributed by atoms with Crippen LogP contribution in [0, 0.1) is 25.7 Å². The van der Waals surface area contributed by atoms with Gasteiger partial charge in [0.1, 0.15) is 11.6 Å². The fourth-order valence-electron chi connectivity index (χ4n) is 7.74. The first-order chi connectivity index (χ1) is 20.7. The SMILES string of the molecule is C=CCN(CCC)C(=O)[C@@H]1[C@@H]2CCC3(O2)C(C(=O)N(CC=C)c2c(C)cccc2C)N([C@H](CO)c2ccccc2)C(=O)[C@H]13. The maximum absolute atomic E-state index is 15.0. The molecule has 8 nitrogen and oxygen atoms in total. The molecule has 8 heteroatoms. The van der Waals surface area contributed by atoms with Crippen molar-refractivity contribution in [2.75, 3.05) is 31.1 Å². The number of carbonyl (C=O) groups is 3. The van der Waals surface area contributed by atoms with E-state index in [1.165, 1.54) is 4.90 Å². The number of carbonyl (C=O) groups excluding carboxylic acids is 3. The van der Waals surface area contributed by atoms with Crippen LogP contribution in [0.1, 0.15) is 48.9 Å². The Morgan fingerprint density at radius 3 is 2.35 bits per heavy atom. The third-order valence-corrected chi connectivity index (χ3v) is 9.39. The van der Waals surface area contributed by atoms with Gasteiger partial charge < -0.3 is 24.5 Å². The molecule has 43 heavy (non-hydrogen) atoms. The van der Waals surface area contributed by atoms with Gasteiger partial charge in [-0.2, -0.15) is 0 Å². The number of benzene rings is 2. The van der Waals surface area contributed by atoms with Crippen LogP contribution in [-0.4, -0.2) is 76.6 Å². The molecular formula is C35H43N3O5. The summed E-state index contributed by atoms with van der Waals surface area (Å²) in [5.74, 6) is -2.31. The van der Waals surface area contributed by atoms with Crippen LogP contribution in [0.2, 0.25) is 0 Å². The lowest BCUT2D eigenvalue weighted by molar-refractivity contribution is -0.147. The van der Waals surface area contributed by atoms with Crippen molar-refractivity contribution in [1.29, 1.82) is 0 Å². The van der Waals surface area contributed by atoms with Crippen molar-refractivity contribution in [2.24, 2.45) is 11.8 Å². The normalized spacial score (nSPS) is 26.2. The molecule has 2 aromatic rings. The van der Waals surface area contributed by atoms with E-state index in [1.807, 2.05) is 69.3 Å². The monoisotopic (exact) mass is 585 g/mol. The standard InChI is InChI=1S/C35H43N3O5/c1-6-19-36(20-7-2)32(40)28-27-17-18-35(43-27)29(28)33(41)38(26(22-39)25-15-10-9-11-16-25)31(35)34(42)37(21-8-3)30-23(4)13-12-14-24(30)5/h6,8-16,26-29,31,39H,1,3,7,17-22H2,2,4-5H3/t26-,27+,28-,29+,31?,35?/m1/s1. The van der Waals surface area contributed by atoms with Crippen molar-refractivity contribution in [3.63, 3.8) is 0 Å². The highest BCUT2D eigenvalue weighted by atomic mass is 16.5. The summed E-state index contributed by atoms with van der Waals surface area (Å²) in [6.45, 7) is 14.4. The fourth-order valence-corrected chi connectivity index (χ4v) is 7.74. The van der Waals surface area contributed by atoms with Gasteiger partial charge in [0.25, 0.3) is 5.91 Å². The molecule has 0 aromatic heterocycles. The number of para-hydroxylation sites is 1. The van der Waals surface area contributed by atoms with Crippen molar-refractivity contribution in [2.45, 2.75) is 63.8 Å². The largest absolute Gasteiger partial charge is 0.394 e. The van der Waals surface area contributed by atoms with Gasteiger partial charge in [-0.25, -0.2) is 0 Å². The summed E-state index contributed by atoms with van der Waals surface area (Å²) >= 11 is 0. The highest BCUT2D eigenvalue weighted by Gasteiger charge is 2.75. The van der Waals surface area contributed by atoms with Crippen molar-refractivity contribution < 1.29 is 24.2 Å². The van der Waals surface area contributed by atoms with Gasteiger partial charge in [-0.1, -0.05) is 67.6 Å². The van der Waals surface area contributed by atoms with Gasteiger partial charge >= 0.3 is 0 Å². The Morgan fingerprint density at radius 1 is 1.07 bits per heavy atom. The number of anilines is 1. The van der Waals surface area contributed by atoms with Crippen molar-refractivity contribution in [3.05, 3.63) is 90.5 Å². The van der Waals surface area contributed by atoms with Crippen LogP contribution in [-0.2, 0) is 19.1 Å². The fraction of sp³-hybridized carbons (Fsp3) is 0.457. The van der Waals surface area contributed by atoms with Crippen LogP contribution in [0.15, 0.2) is 73.8 Å². The molecule has 3 aliphatic rings. The van der Waals surface area contributed by atoms with E-state index < -0.39 is 35.6 Å². The van der Waals surface area contributed by atoms with Crippen LogP contribution < -0.4 is 4.90 Å². The molecule has 2 bridgehead atoms. The molecule has 228 valence electrons. The summed E-state index contributed by atoms with van der Waals surface area (Å²) in [5.41, 5.74) is 2.13. The minimum atomic E-state index is -1.19. The number of aliphatic hydroxyl groups excluding tert-OH is 1. The topological polar surface area (TPSA) is 90.4 Å². The first-order valence-corrected chi connectivity index (χ1v) is 15.3. The first-order valence-electron chi connectivity index (χ1n) is 15.3. The van der Waals surface area contributed by atoms with Gasteiger partial charge in [0, 0.05) is 25.3 Å². The lowest BCUT2D eigenvalue weighted by Gasteiger charge is -2.40. The second-order valence-electron chi connectivity index (χ2n) is 12.0. The van der Waals surface area contributed by atoms with Gasteiger partial charge in [0.05, 0.1) is 30.6 Å². The number of ether oxygens (including phenoxy) is 1. The van der Waals surface area contributed by atoms with Crippen molar-refractivity contribution >= 4 is 23.4 Å². The molecular weight excluding hydrogens is 542 g/mol. The van der Waals surface area contributed by atoms with E-state index in [4.69, 9.17) is 4.74 Å². The first kappa shape index (κ1) is 30.7. The van der Waals surface area contributed by atoms with E-state index in [1.54, 1.807) is 22.0 Å². The quantitative estimate of drug-likeness (QED) is 0.374. The second kappa shape index (κ2) is 12.5. The average molecular weight is 586 g/mol. The average Bonchev–Trinajstić information content (AvgIpc) is 3.64. The molecule has 2 unspecified atom stereocenters. The predicted molar refractivity (Wildman–Crippen MR) is 166 cm³/mol. The van der Waals surface area contributed by atoms with Crippen LogP contribution in [0.3, 0.4) is 0 Å². The zero-order chi connectivity index (χ0) is 30.9. The highest BCUT2D eigenvalue weighted by Crippen LogP contribution is 2.60. The van der Waals surface area contributed by atoms with Crippen LogP contribution in [0.4, 0.5) is 5.69 Å². The second-order valence-corrected chi connectivity index (χ2v) is 12.0. The molecule has 3 aliphatic heterocycles. The lowest BCUT2D eigenvalue weighted by atomic mass is 9.70. The van der Waals surface area contributed by atoms with Gasteiger partial charge in [0.15, 0.2) is 0 Å². The summed E-state index contributed by atoms with van der Waals surface area (Å²) in [4.78, 5) is 48.8. The van der Waals surface area contributed by atoms with E-state index in [2.05, 4.69) is 13.2 Å². The molecule has 3 amide bonds. The van der Waals surface area contributed by atoms with E-state index in [0.717, 1.165) is 23.2 Å². The van der Waals surface area contributed by atoms with E-state index in [0.29, 0.717) is 31.5 Å². The van der Waals surface area contributed by atoms with E-state index in [-0.39, 0.29) is 30.9 Å². The van der Waals surface area contributed by atoms with Crippen molar-refractivity contribution in [1.82, 2.24) is 9.80 Å². The number of rotatable bonds is 12. The third kappa shape index (κ3) is 5.00. The number of nitrogens with zero attached hydrogens (tertiary/aromatic N) is 3. The zero-order valence-electron chi connectivity index (χ0n) is 25.4. The Bertz CT molecular complexity index is 1370. The molecule has 2 aromatic carbocycles. The van der Waals surface area contributed by atoms with Gasteiger partial charge in [0.2, 0.25) is 11.8 Å². The van der Waals surface area contributed by atoms with Crippen LogP contribution in [0.5, 0.6) is 0 Å². The molecule has 5 rings (SSSR count). The third-order valence-electron chi connectivity index (χ3n) is 9.39. The number of amides is 3. The molecule has 1 spiro atoms. The molecule has 3 fully saturated rings. The van der Waals surface area contributed by atoms with Gasteiger partial charge in [-0.3, -0.25) is 14.4 Å². The molecule has 6 atom stereocenters. The molecule has 0 saturated carbocycles. The Morgan fingerprint density at radius 2 is 1.74 bits per heavy atom. The minimum Gasteiger partial charge on any atom is -0.394 e. The van der Waals surface area contributed by atoms with Crippen LogP contribution >= 0.6 is 0 Å². The highest BCUT2D eigenvalue weighted by molar-refractivity contribution is 6.05. The Labute approximate surface area is 254 Å². The predicted octanol–water partition coefficient (Wildman–Crippen LogP) is 4.36. The number of likely N-dealkylation sites (tertiary alicyclic amines) is 1.